The first kappa shape index (κ1) is 28.8. The van der Waals surface area contributed by atoms with Crippen LogP contribution in [0.3, 0.4) is 0 Å². The summed E-state index contributed by atoms with van der Waals surface area (Å²) in [5, 5.41) is 0. The number of halogens is 2. The second-order valence-corrected chi connectivity index (χ2v) is 11.5. The van der Waals surface area contributed by atoms with Gasteiger partial charge in [-0.05, 0) is 98.4 Å². The molecule has 208 valence electrons. The van der Waals surface area contributed by atoms with Crippen molar-refractivity contribution in [2.24, 2.45) is 0 Å². The number of piperidine rings is 1. The van der Waals surface area contributed by atoms with Crippen LogP contribution in [0.2, 0.25) is 0 Å². The molecule has 0 N–H and O–H groups in total. The Morgan fingerprint density at radius 3 is 2.38 bits per heavy atom. The molecule has 39 heavy (non-hydrogen) atoms. The maximum atomic E-state index is 14.2. The van der Waals surface area contributed by atoms with Crippen molar-refractivity contribution in [3.05, 3.63) is 94.6 Å². The number of nitrogens with zero attached hydrogens (tertiary/aromatic N) is 1. The van der Waals surface area contributed by atoms with E-state index in [2.05, 4.69) is 43.3 Å². The number of rotatable bonds is 7. The molecule has 1 heterocycles. The smallest absolute Gasteiger partial charge is 0.410 e. The summed E-state index contributed by atoms with van der Waals surface area (Å²) in [5.41, 5.74) is 5.74. The lowest BCUT2D eigenvalue weighted by Crippen LogP contribution is -2.44. The molecular weight excluding hydrogens is 496 g/mol. The Morgan fingerprint density at radius 1 is 1.00 bits per heavy atom. The Kier molecular flexibility index (Phi) is 9.06. The van der Waals surface area contributed by atoms with E-state index in [1.807, 2.05) is 26.8 Å². The molecule has 0 spiro atoms. The van der Waals surface area contributed by atoms with Gasteiger partial charge in [-0.15, -0.1) is 0 Å². The average Bonchev–Trinajstić information content (AvgIpc) is 2.87. The second kappa shape index (κ2) is 12.3. The van der Waals surface area contributed by atoms with E-state index < -0.39 is 17.2 Å². The molecule has 3 aromatic carbocycles. The van der Waals surface area contributed by atoms with Crippen LogP contribution in [0.5, 0.6) is 0 Å². The summed E-state index contributed by atoms with van der Waals surface area (Å²) in [6.45, 7) is 9.19. The highest BCUT2D eigenvalue weighted by Gasteiger charge is 2.36. The minimum atomic E-state index is -0.608. The SMILES string of the molecule is COCCCc1ccccc1-c1ccc([C@H]2CN(C(=O)OC(C)(C)C)CC[C@@H]2c2cc(F)cc(F)c2)c(C)c1. The highest BCUT2D eigenvalue weighted by Crippen LogP contribution is 2.42. The van der Waals surface area contributed by atoms with Crippen LogP contribution in [0.1, 0.15) is 67.7 Å². The zero-order chi connectivity index (χ0) is 28.2. The number of carbonyl (C=O) groups excluding carboxylic acids is 1. The van der Waals surface area contributed by atoms with Gasteiger partial charge < -0.3 is 14.4 Å². The molecule has 1 aliphatic rings. The van der Waals surface area contributed by atoms with Gasteiger partial charge in [0.2, 0.25) is 0 Å². The van der Waals surface area contributed by atoms with Crippen molar-refractivity contribution in [1.29, 1.82) is 0 Å². The van der Waals surface area contributed by atoms with Gasteiger partial charge in [0.25, 0.3) is 0 Å². The van der Waals surface area contributed by atoms with Crippen LogP contribution in [0.25, 0.3) is 11.1 Å². The minimum absolute atomic E-state index is 0.139. The first-order chi connectivity index (χ1) is 18.6. The Labute approximate surface area is 230 Å². The zero-order valence-corrected chi connectivity index (χ0v) is 23.6. The van der Waals surface area contributed by atoms with Gasteiger partial charge in [0.15, 0.2) is 0 Å². The number of ether oxygens (including phenoxy) is 2. The fraction of sp³-hybridized carbons (Fsp3) is 0.424. The minimum Gasteiger partial charge on any atom is -0.444 e. The molecule has 1 saturated heterocycles. The molecule has 6 heteroatoms. The molecule has 1 amide bonds. The fourth-order valence-electron chi connectivity index (χ4n) is 5.63. The van der Waals surface area contributed by atoms with Gasteiger partial charge in [0.1, 0.15) is 17.2 Å². The monoisotopic (exact) mass is 535 g/mol. The maximum Gasteiger partial charge on any atom is 0.410 e. The first-order valence-corrected chi connectivity index (χ1v) is 13.7. The predicted molar refractivity (Wildman–Crippen MR) is 151 cm³/mol. The first-order valence-electron chi connectivity index (χ1n) is 13.7. The van der Waals surface area contributed by atoms with Gasteiger partial charge in [0.05, 0.1) is 0 Å². The summed E-state index contributed by atoms with van der Waals surface area (Å²) in [6.07, 6.45) is 2.08. The van der Waals surface area contributed by atoms with Gasteiger partial charge >= 0.3 is 6.09 Å². The number of hydrogen-bond donors (Lipinski definition) is 0. The summed E-state index contributed by atoms with van der Waals surface area (Å²) in [4.78, 5) is 14.7. The van der Waals surface area contributed by atoms with Crippen molar-refractivity contribution in [2.75, 3.05) is 26.8 Å². The Bertz CT molecular complexity index is 1280. The highest BCUT2D eigenvalue weighted by molar-refractivity contribution is 5.70. The van der Waals surface area contributed by atoms with E-state index in [0.717, 1.165) is 35.6 Å². The van der Waals surface area contributed by atoms with E-state index in [4.69, 9.17) is 9.47 Å². The van der Waals surface area contributed by atoms with Crippen LogP contribution in [-0.4, -0.2) is 43.4 Å². The van der Waals surface area contributed by atoms with Gasteiger partial charge in [0, 0.05) is 38.8 Å². The number of amides is 1. The largest absolute Gasteiger partial charge is 0.444 e. The molecule has 2 atom stereocenters. The third-order valence-electron chi connectivity index (χ3n) is 7.37. The number of carbonyl (C=O) groups is 1. The quantitative estimate of drug-likeness (QED) is 0.288. The van der Waals surface area contributed by atoms with Gasteiger partial charge in [-0.2, -0.15) is 0 Å². The van der Waals surface area contributed by atoms with Crippen LogP contribution in [0.4, 0.5) is 13.6 Å². The molecule has 1 aliphatic heterocycles. The molecule has 4 rings (SSSR count). The summed E-state index contributed by atoms with van der Waals surface area (Å²) >= 11 is 0. The summed E-state index contributed by atoms with van der Waals surface area (Å²) in [6, 6.07) is 18.6. The number of benzene rings is 3. The van der Waals surface area contributed by atoms with Crippen molar-refractivity contribution in [1.82, 2.24) is 4.90 Å². The van der Waals surface area contributed by atoms with E-state index >= 15 is 0 Å². The van der Waals surface area contributed by atoms with Crippen molar-refractivity contribution in [3.63, 3.8) is 0 Å². The summed E-state index contributed by atoms with van der Waals surface area (Å²) in [7, 11) is 1.72. The molecule has 0 bridgehead atoms. The lowest BCUT2D eigenvalue weighted by Gasteiger charge is -2.40. The molecule has 4 nitrogen and oxygen atoms in total. The van der Waals surface area contributed by atoms with Crippen LogP contribution < -0.4 is 0 Å². The normalized spacial score (nSPS) is 17.8. The van der Waals surface area contributed by atoms with E-state index in [1.165, 1.54) is 23.3 Å². The van der Waals surface area contributed by atoms with Gasteiger partial charge in [-0.25, -0.2) is 13.6 Å². The van der Waals surface area contributed by atoms with Crippen LogP contribution in [0.15, 0.2) is 60.7 Å². The number of hydrogen-bond acceptors (Lipinski definition) is 3. The number of likely N-dealkylation sites (tertiary alicyclic amines) is 1. The van der Waals surface area contributed by atoms with Crippen molar-refractivity contribution in [2.45, 2.75) is 64.4 Å². The zero-order valence-electron chi connectivity index (χ0n) is 23.6. The van der Waals surface area contributed by atoms with E-state index in [-0.39, 0.29) is 17.9 Å². The molecule has 3 aromatic rings. The average molecular weight is 536 g/mol. The predicted octanol–water partition coefficient (Wildman–Crippen LogP) is 8.03. The van der Waals surface area contributed by atoms with Crippen molar-refractivity contribution >= 4 is 6.09 Å². The molecular formula is C33H39F2NO3. The highest BCUT2D eigenvalue weighted by atomic mass is 19.1. The van der Waals surface area contributed by atoms with Crippen molar-refractivity contribution < 1.29 is 23.0 Å². The molecule has 0 saturated carbocycles. The Morgan fingerprint density at radius 2 is 1.72 bits per heavy atom. The van der Waals surface area contributed by atoms with E-state index in [9.17, 15) is 13.6 Å². The van der Waals surface area contributed by atoms with Crippen LogP contribution in [0, 0.1) is 18.6 Å². The third-order valence-corrected chi connectivity index (χ3v) is 7.37. The maximum absolute atomic E-state index is 14.2. The molecule has 0 radical (unpaired) electrons. The van der Waals surface area contributed by atoms with Gasteiger partial charge in [-0.1, -0.05) is 42.5 Å². The standard InChI is InChI=1S/C33H39F2NO3/c1-22-17-24(29-11-7-6-9-23(29)10-8-16-38-5)12-13-28(22)31-21-36(32(37)39-33(2,3)4)15-14-30(31)25-18-26(34)20-27(35)19-25/h6-7,9,11-13,17-20,30-31H,8,10,14-16,21H2,1-5H3/t30-,31-/m1/s1. The number of methoxy groups -OCH3 is 1. The lowest BCUT2D eigenvalue weighted by atomic mass is 9.75. The van der Waals surface area contributed by atoms with Crippen LogP contribution >= 0.6 is 0 Å². The number of aryl methyl sites for hydroxylation is 2. The Hall–Kier alpha value is -3.25. The second-order valence-electron chi connectivity index (χ2n) is 11.5. The van der Waals surface area contributed by atoms with Crippen molar-refractivity contribution in [3.8, 4) is 11.1 Å². The van der Waals surface area contributed by atoms with E-state index in [1.54, 1.807) is 12.0 Å². The third kappa shape index (κ3) is 7.24. The fourth-order valence-corrected chi connectivity index (χ4v) is 5.63. The van der Waals surface area contributed by atoms with Gasteiger partial charge in [-0.3, -0.25) is 0 Å². The topological polar surface area (TPSA) is 38.8 Å². The lowest BCUT2D eigenvalue weighted by molar-refractivity contribution is 0.0183. The molecule has 0 unspecified atom stereocenters. The summed E-state index contributed by atoms with van der Waals surface area (Å²) in [5.74, 6) is -1.45. The molecule has 0 aliphatic carbocycles. The molecule has 0 aromatic heterocycles. The Balaban J connectivity index is 1.69. The summed E-state index contributed by atoms with van der Waals surface area (Å²) < 4.78 is 39.4. The van der Waals surface area contributed by atoms with E-state index in [0.29, 0.717) is 31.7 Å². The van der Waals surface area contributed by atoms with Crippen LogP contribution in [-0.2, 0) is 15.9 Å². The molecule has 1 fully saturated rings.